The van der Waals surface area contributed by atoms with Gasteiger partial charge in [-0.25, -0.2) is 0 Å². The monoisotopic (exact) mass is 1100 g/mol. The van der Waals surface area contributed by atoms with Gasteiger partial charge in [0, 0.05) is 20.8 Å². The Hall–Kier alpha value is -2.67. The van der Waals surface area contributed by atoms with Gasteiger partial charge in [0.25, 0.3) is 0 Å². The van der Waals surface area contributed by atoms with Crippen LogP contribution in [-0.4, -0.2) is 322 Å². The minimum Gasteiger partial charge on any atom is -0.394 e. The van der Waals surface area contributed by atoms with Crippen molar-refractivity contribution in [2.75, 3.05) is 39.6 Å². The van der Waals surface area contributed by atoms with Gasteiger partial charge >= 0.3 is 0 Å². The number of aliphatic hydroxyl groups is 17. The summed E-state index contributed by atoms with van der Waals surface area (Å²) in [6.07, 6.45) is -49.3. The van der Waals surface area contributed by atoms with Crippen molar-refractivity contribution in [2.24, 2.45) is 0 Å². The largest absolute Gasteiger partial charge is 0.394 e. The van der Waals surface area contributed by atoms with E-state index in [1.807, 2.05) is 0 Å². The molecule has 33 nitrogen and oxygen atoms in total. The van der Waals surface area contributed by atoms with Crippen LogP contribution in [0.4, 0.5) is 0 Å². The molecule has 0 radical (unpaired) electrons. The van der Waals surface area contributed by atoms with E-state index in [-0.39, 0.29) is 0 Å². The number of carbonyl (C=O) groups is 3. The van der Waals surface area contributed by atoms with Crippen LogP contribution >= 0.6 is 0 Å². The summed E-state index contributed by atoms with van der Waals surface area (Å²) in [6.45, 7) is -1.64. The average Bonchev–Trinajstić information content (AvgIpc) is 3.37. The summed E-state index contributed by atoms with van der Waals surface area (Å²) in [5.41, 5.74) is 0. The molecule has 0 unspecified atom stereocenters. The van der Waals surface area contributed by atoms with E-state index < -0.39 is 235 Å². The van der Waals surface area contributed by atoms with E-state index in [2.05, 4.69) is 16.0 Å². The Morgan fingerprint density at radius 2 is 0.947 bits per heavy atom. The van der Waals surface area contributed by atoms with E-state index in [0.29, 0.717) is 0 Å². The first-order valence-corrected chi connectivity index (χ1v) is 23.9. The topological polar surface area (TPSA) is 524 Å². The van der Waals surface area contributed by atoms with Gasteiger partial charge < -0.3 is 150 Å². The van der Waals surface area contributed by atoms with Gasteiger partial charge in [0.15, 0.2) is 31.5 Å². The highest BCUT2D eigenvalue weighted by molar-refractivity contribution is 5.74. The van der Waals surface area contributed by atoms with Gasteiger partial charge in [-0.3, -0.25) is 14.4 Å². The van der Waals surface area contributed by atoms with Crippen LogP contribution in [0.3, 0.4) is 0 Å². The van der Waals surface area contributed by atoms with Crippen LogP contribution in [-0.2, 0) is 61.8 Å². The summed E-state index contributed by atoms with van der Waals surface area (Å²) in [7, 11) is 0. The third-order valence-electron chi connectivity index (χ3n) is 13.2. The molecule has 0 aromatic rings. The van der Waals surface area contributed by atoms with Crippen molar-refractivity contribution < 1.29 is 149 Å². The molecule has 5 rings (SSSR count). The Labute approximate surface area is 426 Å². The standard InChI is InChI=1S/C42H73N3O30/c1-11-23(55)29(61)31(63)40(67-11)74-36-22(45-14(4)53)38(66-10-16(54)24(56)34(15(5-46)43-12(2)51)72-41-32(64)30(62)26(58)18(7-48)69-41)71-20(9-50)35(36)73-42-33(65)37(27(59)19(8-49)70-42)75-39-21(44-13(3)52)28(60)25(57)17(6-47)68-39/h11,15-42,46-50,54-65H,5-10H2,1-4H3,(H,43,51)(H,44,52)(H,45,53)/t11-,15+,16-,17-,18-,19-,20-,21-,22-,23+,24+,25+,26+,27+,28-,29+,30+,31-,32-,33-,34-,35-,36-,37+,38-,39+,40-,41+,42+/m1/s1. The van der Waals surface area contributed by atoms with Crippen molar-refractivity contribution >= 4 is 17.7 Å². The smallest absolute Gasteiger partial charge is 0.217 e. The molecule has 20 N–H and O–H groups in total. The number of hydrogen-bond donors (Lipinski definition) is 20. The normalized spacial score (nSPS) is 44.2. The number of nitrogens with one attached hydrogen (secondary N) is 3. The molecule has 5 saturated heterocycles. The van der Waals surface area contributed by atoms with Gasteiger partial charge in [0.05, 0.1) is 51.8 Å². The molecule has 75 heavy (non-hydrogen) atoms. The molecule has 5 aliphatic heterocycles. The number of hydrogen-bond acceptors (Lipinski definition) is 30. The number of amides is 3. The lowest BCUT2D eigenvalue weighted by Crippen LogP contribution is -2.70. The van der Waals surface area contributed by atoms with Gasteiger partial charge in [-0.15, -0.1) is 0 Å². The fourth-order valence-corrected chi connectivity index (χ4v) is 9.16. The van der Waals surface area contributed by atoms with Crippen LogP contribution in [0.15, 0.2) is 0 Å². The lowest BCUT2D eigenvalue weighted by atomic mass is 9.94. The second-order valence-electron chi connectivity index (χ2n) is 18.8. The summed E-state index contributed by atoms with van der Waals surface area (Å²) in [5.74, 6) is -2.44. The molecule has 0 aromatic carbocycles. The van der Waals surface area contributed by atoms with Crippen LogP contribution in [0.2, 0.25) is 0 Å². The van der Waals surface area contributed by atoms with Crippen LogP contribution in [0.25, 0.3) is 0 Å². The Morgan fingerprint density at radius 3 is 1.51 bits per heavy atom. The van der Waals surface area contributed by atoms with Gasteiger partial charge in [0.1, 0.15) is 134 Å². The van der Waals surface area contributed by atoms with Crippen LogP contribution < -0.4 is 16.0 Å². The van der Waals surface area contributed by atoms with E-state index in [0.717, 1.165) is 20.8 Å². The number of aliphatic hydroxyl groups excluding tert-OH is 17. The van der Waals surface area contributed by atoms with Crippen molar-refractivity contribution in [3.63, 3.8) is 0 Å². The highest BCUT2D eigenvalue weighted by Gasteiger charge is 2.57. The quantitative estimate of drug-likeness (QED) is 0.0479. The number of carbonyl (C=O) groups excluding carboxylic acids is 3. The van der Waals surface area contributed by atoms with Crippen molar-refractivity contribution in [1.82, 2.24) is 16.0 Å². The predicted octanol–water partition coefficient (Wildman–Crippen LogP) is -13.0. The van der Waals surface area contributed by atoms with E-state index in [1.165, 1.54) is 6.92 Å². The van der Waals surface area contributed by atoms with E-state index >= 15 is 0 Å². The molecule has 5 aliphatic rings. The molecule has 5 heterocycles. The van der Waals surface area contributed by atoms with Crippen molar-refractivity contribution in [1.29, 1.82) is 0 Å². The highest BCUT2D eigenvalue weighted by atomic mass is 16.8. The van der Waals surface area contributed by atoms with E-state index in [9.17, 15) is 101 Å². The summed E-state index contributed by atoms with van der Waals surface area (Å²) in [4.78, 5) is 37.3. The van der Waals surface area contributed by atoms with Crippen molar-refractivity contribution in [3.8, 4) is 0 Å². The maximum Gasteiger partial charge on any atom is 0.217 e. The maximum absolute atomic E-state index is 13.0. The van der Waals surface area contributed by atoms with Gasteiger partial charge in [-0.05, 0) is 6.92 Å². The first kappa shape index (κ1) is 63.2. The summed E-state index contributed by atoms with van der Waals surface area (Å²) in [5, 5.41) is 189. The highest BCUT2D eigenvalue weighted by Crippen LogP contribution is 2.36. The maximum atomic E-state index is 13.0. The molecular weight excluding hydrogens is 1030 g/mol. The van der Waals surface area contributed by atoms with Gasteiger partial charge in [0.2, 0.25) is 17.7 Å². The average molecular weight is 1100 g/mol. The Kier molecular flexibility index (Phi) is 23.5. The third-order valence-corrected chi connectivity index (χ3v) is 13.2. The summed E-state index contributed by atoms with van der Waals surface area (Å²) < 4.78 is 58.2. The Balaban J connectivity index is 1.48. The number of ether oxygens (including phenoxy) is 10. The molecule has 0 saturated carbocycles. The zero-order valence-corrected chi connectivity index (χ0v) is 40.9. The zero-order valence-electron chi connectivity index (χ0n) is 40.9. The second kappa shape index (κ2) is 28.0. The Morgan fingerprint density at radius 1 is 0.480 bits per heavy atom. The van der Waals surface area contributed by atoms with Gasteiger partial charge in [-0.1, -0.05) is 0 Å². The Bertz CT molecular complexity index is 1800. The van der Waals surface area contributed by atoms with Gasteiger partial charge in [-0.2, -0.15) is 0 Å². The molecule has 0 bridgehead atoms. The molecule has 33 heteroatoms. The minimum absolute atomic E-state index is 0.765. The van der Waals surface area contributed by atoms with Crippen LogP contribution in [0.5, 0.6) is 0 Å². The minimum atomic E-state index is -2.27. The second-order valence-corrected chi connectivity index (χ2v) is 18.8. The molecule has 0 aromatic heterocycles. The molecule has 436 valence electrons. The fraction of sp³-hybridized carbons (Fsp3) is 0.929. The molecular formula is C42H73N3O30. The molecule has 0 aliphatic carbocycles. The third kappa shape index (κ3) is 14.8. The SMILES string of the molecule is CC(=O)N[C@H]1[C@H](O[C@H]2[C@@H](O)[C@@H](CO)O[C@@H](O[C@H]3[C@H](O[C@H]4O[C@H](C)[C@H](O)[C@H](O)[C@H]4O)[C@@H](NC(C)=O)[C@H](OC[C@@H](O)[C@H](O)[C@H](O[C@@H]4O[C@H](CO)[C@H](O)[C@H](O)[C@H]4O)[C@H](CO)NC(C)=O)O[C@@H]3CO)[C@@H]2O)O[C@H](CO)[C@H](O)[C@@H]1O. The van der Waals surface area contributed by atoms with Crippen LogP contribution in [0, 0.1) is 0 Å². The molecule has 5 fully saturated rings. The van der Waals surface area contributed by atoms with E-state index in [1.54, 1.807) is 0 Å². The number of rotatable bonds is 22. The molecule has 3 amide bonds. The van der Waals surface area contributed by atoms with Crippen molar-refractivity contribution in [3.05, 3.63) is 0 Å². The van der Waals surface area contributed by atoms with E-state index in [4.69, 9.17) is 47.4 Å². The summed E-state index contributed by atoms with van der Waals surface area (Å²) >= 11 is 0. The lowest BCUT2D eigenvalue weighted by molar-refractivity contribution is -0.383. The predicted molar refractivity (Wildman–Crippen MR) is 235 cm³/mol. The first-order chi connectivity index (χ1) is 35.3. The van der Waals surface area contributed by atoms with Crippen LogP contribution in [0.1, 0.15) is 27.7 Å². The van der Waals surface area contributed by atoms with Crippen molar-refractivity contribution in [2.45, 2.75) is 205 Å². The fourth-order valence-electron chi connectivity index (χ4n) is 9.16. The first-order valence-electron chi connectivity index (χ1n) is 23.9. The lowest BCUT2D eigenvalue weighted by Gasteiger charge is -2.51. The zero-order chi connectivity index (χ0) is 55.9. The molecule has 0 spiro atoms. The summed E-state index contributed by atoms with van der Waals surface area (Å²) in [6, 6.07) is -5.02. The molecule has 29 atom stereocenters.